The van der Waals surface area contributed by atoms with E-state index in [2.05, 4.69) is 33.6 Å². The number of nitrogens with zero attached hydrogens (tertiary/aromatic N) is 2. The Balaban J connectivity index is 2.20. The van der Waals surface area contributed by atoms with Crippen molar-refractivity contribution >= 4 is 30.1 Å². The first-order chi connectivity index (χ1) is 13.6. The molecule has 0 saturated carbocycles. The molecule has 3 aromatic rings. The van der Waals surface area contributed by atoms with Crippen LogP contribution in [0.1, 0.15) is 25.8 Å². The van der Waals surface area contributed by atoms with Crippen LogP contribution < -0.4 is 10.6 Å². The zero-order chi connectivity index (χ0) is 21.4. The lowest BCUT2D eigenvalue weighted by atomic mass is 10.0. The van der Waals surface area contributed by atoms with Crippen LogP contribution >= 0.6 is 7.92 Å². The first kappa shape index (κ1) is 21.5. The number of para-hydroxylation sites is 1. The number of alkyl halides is 3. The summed E-state index contributed by atoms with van der Waals surface area (Å²) < 4.78 is 41.1. The summed E-state index contributed by atoms with van der Waals surface area (Å²) in [5.41, 5.74) is -0.615. The molecule has 3 N–H and O–H groups in total. The maximum Gasteiger partial charge on any atom is 0.419 e. The lowest BCUT2D eigenvalue weighted by molar-refractivity contribution is -0.137. The summed E-state index contributed by atoms with van der Waals surface area (Å²) in [5.74, 6) is 0.0464. The number of aromatic amines is 1. The van der Waals surface area contributed by atoms with E-state index in [1.54, 1.807) is 19.2 Å². The van der Waals surface area contributed by atoms with E-state index in [1.165, 1.54) is 0 Å². The van der Waals surface area contributed by atoms with E-state index in [0.29, 0.717) is 17.4 Å². The molecule has 0 amide bonds. The van der Waals surface area contributed by atoms with Gasteiger partial charge < -0.3 is 15.4 Å². The Bertz CT molecular complexity index is 1010. The van der Waals surface area contributed by atoms with Gasteiger partial charge in [-0.05, 0) is 32.0 Å². The summed E-state index contributed by atoms with van der Waals surface area (Å²) in [4.78, 5) is 11.2. The second kappa shape index (κ2) is 7.92. The zero-order valence-electron chi connectivity index (χ0n) is 16.7. The fourth-order valence-electron chi connectivity index (χ4n) is 3.07. The standard InChI is InChI=1S/C20H24F3N4OP/c1-5-19(2,11-28)27-18-25-10-14(20(21,22)23)16(26-18)13-9-24-17-12(13)7-6-8-15(17)29(3)4/h6-10,24,28H,5,11H2,1-4H3,(H,25,26,27)/t19-/m1/s1. The van der Waals surface area contributed by atoms with Crippen molar-refractivity contribution in [2.45, 2.75) is 32.0 Å². The average molecular weight is 424 g/mol. The molecule has 1 atom stereocenters. The van der Waals surface area contributed by atoms with Gasteiger partial charge in [0.25, 0.3) is 0 Å². The third-order valence-corrected chi connectivity index (χ3v) is 6.40. The molecule has 0 aliphatic carbocycles. The maximum absolute atomic E-state index is 13.7. The van der Waals surface area contributed by atoms with Crippen molar-refractivity contribution in [1.82, 2.24) is 15.0 Å². The molecule has 0 fully saturated rings. The minimum absolute atomic E-state index is 0.0464. The Morgan fingerprint density at radius 1 is 1.24 bits per heavy atom. The van der Waals surface area contributed by atoms with E-state index in [1.807, 2.05) is 19.1 Å². The number of halogens is 3. The van der Waals surface area contributed by atoms with Crippen LogP contribution in [0.3, 0.4) is 0 Å². The number of aliphatic hydroxyl groups is 1. The van der Waals surface area contributed by atoms with Crippen molar-refractivity contribution in [2.24, 2.45) is 0 Å². The normalized spacial score (nSPS) is 14.4. The topological polar surface area (TPSA) is 73.8 Å². The van der Waals surface area contributed by atoms with Gasteiger partial charge in [-0.25, -0.2) is 9.97 Å². The van der Waals surface area contributed by atoms with E-state index in [4.69, 9.17) is 0 Å². The van der Waals surface area contributed by atoms with Gasteiger partial charge in [0, 0.05) is 23.3 Å². The predicted octanol–water partition coefficient (Wildman–Crippen LogP) is 4.58. The van der Waals surface area contributed by atoms with Crippen LogP contribution in [0.25, 0.3) is 22.2 Å². The molecule has 0 saturated heterocycles. The largest absolute Gasteiger partial charge is 0.419 e. The number of fused-ring (bicyclic) bond motifs is 1. The third-order valence-electron chi connectivity index (χ3n) is 5.07. The molecular formula is C20H24F3N4OP. The molecule has 5 nitrogen and oxygen atoms in total. The van der Waals surface area contributed by atoms with Crippen molar-refractivity contribution in [3.05, 3.63) is 36.2 Å². The Kier molecular flexibility index (Phi) is 5.88. The average Bonchev–Trinajstić information content (AvgIpc) is 3.10. The minimum Gasteiger partial charge on any atom is -0.394 e. The monoisotopic (exact) mass is 424 g/mol. The number of rotatable bonds is 6. The molecule has 0 bridgehead atoms. The fraction of sp³-hybridized carbons (Fsp3) is 0.400. The fourth-order valence-corrected chi connectivity index (χ4v) is 4.09. The molecule has 0 spiro atoms. The molecule has 0 aliphatic heterocycles. The summed E-state index contributed by atoms with van der Waals surface area (Å²) in [7, 11) is -0.437. The second-order valence-electron chi connectivity index (χ2n) is 7.45. The zero-order valence-corrected chi connectivity index (χ0v) is 17.6. The van der Waals surface area contributed by atoms with E-state index >= 15 is 0 Å². The Morgan fingerprint density at radius 3 is 2.55 bits per heavy atom. The van der Waals surface area contributed by atoms with Crippen molar-refractivity contribution < 1.29 is 18.3 Å². The number of aromatic nitrogens is 3. The van der Waals surface area contributed by atoms with Crippen LogP contribution in [0.5, 0.6) is 0 Å². The molecular weight excluding hydrogens is 400 g/mol. The highest BCUT2D eigenvalue weighted by molar-refractivity contribution is 7.64. The van der Waals surface area contributed by atoms with Crippen molar-refractivity contribution in [1.29, 1.82) is 0 Å². The summed E-state index contributed by atoms with van der Waals surface area (Å²) in [6.07, 6.45) is -1.68. The third kappa shape index (κ3) is 4.23. The Hall–Kier alpha value is -2.18. The minimum atomic E-state index is -4.60. The van der Waals surface area contributed by atoms with Crippen LogP contribution in [0, 0.1) is 0 Å². The van der Waals surface area contributed by atoms with Crippen LogP contribution in [-0.4, -0.2) is 45.5 Å². The smallest absolute Gasteiger partial charge is 0.394 e. The quantitative estimate of drug-likeness (QED) is 0.507. The lowest BCUT2D eigenvalue weighted by Crippen LogP contribution is -2.38. The first-order valence-corrected chi connectivity index (χ1v) is 11.4. The molecule has 0 aliphatic rings. The molecule has 29 heavy (non-hydrogen) atoms. The molecule has 156 valence electrons. The molecule has 0 radical (unpaired) electrons. The van der Waals surface area contributed by atoms with E-state index in [-0.39, 0.29) is 18.2 Å². The van der Waals surface area contributed by atoms with E-state index in [0.717, 1.165) is 17.0 Å². The van der Waals surface area contributed by atoms with Crippen LogP contribution in [0.2, 0.25) is 0 Å². The van der Waals surface area contributed by atoms with Gasteiger partial charge in [0.2, 0.25) is 5.95 Å². The second-order valence-corrected chi connectivity index (χ2v) is 9.72. The number of H-pyrrole nitrogens is 1. The van der Waals surface area contributed by atoms with Crippen LogP contribution in [0.15, 0.2) is 30.6 Å². The maximum atomic E-state index is 13.7. The number of hydrogen-bond acceptors (Lipinski definition) is 4. The van der Waals surface area contributed by atoms with Gasteiger partial charge in [-0.15, -0.1) is 0 Å². The highest BCUT2D eigenvalue weighted by Crippen LogP contribution is 2.39. The number of anilines is 1. The molecule has 2 heterocycles. The van der Waals surface area contributed by atoms with Crippen LogP contribution in [0.4, 0.5) is 19.1 Å². The molecule has 1 aromatic carbocycles. The number of aliphatic hydroxyl groups excluding tert-OH is 1. The van der Waals surface area contributed by atoms with Crippen molar-refractivity contribution in [3.8, 4) is 11.3 Å². The van der Waals surface area contributed by atoms with Crippen LogP contribution in [-0.2, 0) is 6.18 Å². The Morgan fingerprint density at radius 2 is 1.97 bits per heavy atom. The van der Waals surface area contributed by atoms with Gasteiger partial charge in [0.15, 0.2) is 0 Å². The highest BCUT2D eigenvalue weighted by Gasteiger charge is 2.36. The summed E-state index contributed by atoms with van der Waals surface area (Å²) in [6.45, 7) is 7.62. The summed E-state index contributed by atoms with van der Waals surface area (Å²) >= 11 is 0. The van der Waals surface area contributed by atoms with E-state index in [9.17, 15) is 18.3 Å². The van der Waals surface area contributed by atoms with Gasteiger partial charge in [-0.2, -0.15) is 13.2 Å². The van der Waals surface area contributed by atoms with Gasteiger partial charge in [-0.1, -0.05) is 33.0 Å². The number of benzene rings is 1. The van der Waals surface area contributed by atoms with Gasteiger partial charge >= 0.3 is 6.18 Å². The number of hydrogen-bond donors (Lipinski definition) is 3. The number of nitrogens with one attached hydrogen (secondary N) is 2. The van der Waals surface area contributed by atoms with Crippen molar-refractivity contribution in [2.75, 3.05) is 25.3 Å². The molecule has 0 unspecified atom stereocenters. The molecule has 3 rings (SSSR count). The van der Waals surface area contributed by atoms with Crippen molar-refractivity contribution in [3.63, 3.8) is 0 Å². The van der Waals surface area contributed by atoms with Gasteiger partial charge in [-0.3, -0.25) is 0 Å². The first-order valence-electron chi connectivity index (χ1n) is 9.20. The SMILES string of the molecule is CC[C@](C)(CO)Nc1ncc(C(F)(F)F)c(-c2c[nH]c3c(P(C)C)cccc23)n1. The lowest BCUT2D eigenvalue weighted by Gasteiger charge is -2.27. The summed E-state index contributed by atoms with van der Waals surface area (Å²) in [5, 5.41) is 14.3. The van der Waals surface area contributed by atoms with E-state index < -0.39 is 25.2 Å². The van der Waals surface area contributed by atoms with Gasteiger partial charge in [0.05, 0.1) is 23.4 Å². The predicted molar refractivity (Wildman–Crippen MR) is 112 cm³/mol. The summed E-state index contributed by atoms with van der Waals surface area (Å²) in [6, 6.07) is 5.63. The molecule has 9 heteroatoms. The highest BCUT2D eigenvalue weighted by atomic mass is 31.1. The Labute approximate surface area is 168 Å². The van der Waals surface area contributed by atoms with Gasteiger partial charge in [0.1, 0.15) is 5.56 Å². The molecule has 2 aromatic heterocycles.